The summed E-state index contributed by atoms with van der Waals surface area (Å²) in [5.41, 5.74) is 2.76. The number of hydrogen-bond donors (Lipinski definition) is 1. The van der Waals surface area contributed by atoms with Crippen LogP contribution in [0.2, 0.25) is 5.02 Å². The van der Waals surface area contributed by atoms with Gasteiger partial charge in [0.15, 0.2) is 0 Å². The molecular formula is C22H16ClF2N3O2. The van der Waals surface area contributed by atoms with Crippen LogP contribution >= 0.6 is 11.6 Å². The number of benzene rings is 2. The molecule has 5 nitrogen and oxygen atoms in total. The van der Waals surface area contributed by atoms with Gasteiger partial charge in [-0.3, -0.25) is 9.78 Å². The standard InChI is InChI=1S/C22H16ClF2N3O2/c1-22(24,25)30-18-7-4-15(5-8-18)20-9-6-17(13-27-20)21(29)28-12-16-3-2-14(11-26)10-19(16)23/h2-10,13H,12H2,1H3,(H,28,29). The normalized spacial score (nSPS) is 10.9. The Kier molecular flexibility index (Phi) is 6.28. The molecule has 0 saturated carbocycles. The zero-order chi connectivity index (χ0) is 21.7. The Morgan fingerprint density at radius 2 is 1.93 bits per heavy atom. The molecule has 0 fully saturated rings. The highest BCUT2D eigenvalue weighted by atomic mass is 35.5. The molecule has 3 rings (SSSR count). The first-order valence-electron chi connectivity index (χ1n) is 8.85. The highest BCUT2D eigenvalue weighted by Gasteiger charge is 2.22. The van der Waals surface area contributed by atoms with Crippen LogP contribution in [0.15, 0.2) is 60.8 Å². The van der Waals surface area contributed by atoms with Crippen LogP contribution in [0.5, 0.6) is 5.75 Å². The van der Waals surface area contributed by atoms with Gasteiger partial charge in [0, 0.05) is 30.3 Å². The minimum absolute atomic E-state index is 0.0451. The van der Waals surface area contributed by atoms with Crippen molar-refractivity contribution < 1.29 is 18.3 Å². The summed E-state index contributed by atoms with van der Waals surface area (Å²) in [4.78, 5) is 16.6. The quantitative estimate of drug-likeness (QED) is 0.587. The van der Waals surface area contributed by atoms with Crippen LogP contribution in [0.4, 0.5) is 8.78 Å². The minimum atomic E-state index is -3.25. The first-order valence-corrected chi connectivity index (χ1v) is 9.23. The number of alkyl halides is 2. The molecule has 3 aromatic rings. The molecule has 0 aliphatic rings. The van der Waals surface area contributed by atoms with Crippen LogP contribution in [-0.2, 0) is 6.54 Å². The number of amides is 1. The average Bonchev–Trinajstić information content (AvgIpc) is 2.72. The van der Waals surface area contributed by atoms with E-state index in [2.05, 4.69) is 15.0 Å². The van der Waals surface area contributed by atoms with Crippen molar-refractivity contribution in [1.29, 1.82) is 5.26 Å². The Morgan fingerprint density at radius 3 is 2.50 bits per heavy atom. The van der Waals surface area contributed by atoms with E-state index in [0.29, 0.717) is 39.9 Å². The number of nitrogens with one attached hydrogen (secondary N) is 1. The molecule has 1 heterocycles. The number of nitriles is 1. The van der Waals surface area contributed by atoms with E-state index in [-0.39, 0.29) is 18.2 Å². The van der Waals surface area contributed by atoms with Gasteiger partial charge < -0.3 is 10.1 Å². The second-order valence-electron chi connectivity index (χ2n) is 6.47. The monoisotopic (exact) mass is 427 g/mol. The van der Waals surface area contributed by atoms with E-state index in [1.54, 1.807) is 36.4 Å². The molecule has 0 aliphatic carbocycles. The second-order valence-corrected chi connectivity index (χ2v) is 6.87. The molecule has 1 N–H and O–H groups in total. The van der Waals surface area contributed by atoms with E-state index in [0.717, 1.165) is 0 Å². The molecule has 1 amide bonds. The van der Waals surface area contributed by atoms with Gasteiger partial charge in [0.25, 0.3) is 5.91 Å². The molecule has 8 heteroatoms. The maximum Gasteiger partial charge on any atom is 0.394 e. The van der Waals surface area contributed by atoms with Crippen molar-refractivity contribution in [3.8, 4) is 23.1 Å². The van der Waals surface area contributed by atoms with Crippen LogP contribution in [0.25, 0.3) is 11.3 Å². The molecule has 1 aromatic heterocycles. The summed E-state index contributed by atoms with van der Waals surface area (Å²) in [6.07, 6.45) is -1.83. The Morgan fingerprint density at radius 1 is 1.20 bits per heavy atom. The van der Waals surface area contributed by atoms with Crippen LogP contribution in [-0.4, -0.2) is 17.0 Å². The average molecular weight is 428 g/mol. The van der Waals surface area contributed by atoms with E-state index >= 15 is 0 Å². The van der Waals surface area contributed by atoms with Crippen molar-refractivity contribution in [3.63, 3.8) is 0 Å². The van der Waals surface area contributed by atoms with Crippen molar-refractivity contribution >= 4 is 17.5 Å². The van der Waals surface area contributed by atoms with Gasteiger partial charge in [-0.15, -0.1) is 0 Å². The lowest BCUT2D eigenvalue weighted by molar-refractivity contribution is -0.158. The molecule has 0 atom stereocenters. The van der Waals surface area contributed by atoms with Crippen molar-refractivity contribution in [2.24, 2.45) is 0 Å². The summed E-state index contributed by atoms with van der Waals surface area (Å²) in [5, 5.41) is 12.0. The third kappa shape index (κ3) is 5.52. The van der Waals surface area contributed by atoms with Crippen LogP contribution in [0.1, 0.15) is 28.4 Å². The summed E-state index contributed by atoms with van der Waals surface area (Å²) < 4.78 is 30.3. The highest BCUT2D eigenvalue weighted by Crippen LogP contribution is 2.25. The molecule has 30 heavy (non-hydrogen) atoms. The molecule has 2 aromatic carbocycles. The Labute approximate surface area is 176 Å². The number of carbonyl (C=O) groups excluding carboxylic acids is 1. The fraction of sp³-hybridized carbons (Fsp3) is 0.136. The maximum absolute atomic E-state index is 12.9. The van der Waals surface area contributed by atoms with E-state index in [9.17, 15) is 13.6 Å². The number of aromatic nitrogens is 1. The van der Waals surface area contributed by atoms with E-state index < -0.39 is 6.11 Å². The topological polar surface area (TPSA) is 75.0 Å². The number of rotatable bonds is 6. The van der Waals surface area contributed by atoms with Gasteiger partial charge in [-0.2, -0.15) is 14.0 Å². The maximum atomic E-state index is 12.9. The lowest BCUT2D eigenvalue weighted by Gasteiger charge is -2.13. The molecule has 0 unspecified atom stereocenters. The number of hydrogen-bond acceptors (Lipinski definition) is 4. The predicted molar refractivity (Wildman–Crippen MR) is 108 cm³/mol. The van der Waals surface area contributed by atoms with Gasteiger partial charge in [-0.25, -0.2) is 0 Å². The van der Waals surface area contributed by atoms with Crippen molar-refractivity contribution in [2.75, 3.05) is 0 Å². The number of halogens is 3. The van der Waals surface area contributed by atoms with Gasteiger partial charge >= 0.3 is 6.11 Å². The van der Waals surface area contributed by atoms with Crippen molar-refractivity contribution in [1.82, 2.24) is 10.3 Å². The third-order valence-corrected chi connectivity index (χ3v) is 4.45. The first-order chi connectivity index (χ1) is 14.2. The summed E-state index contributed by atoms with van der Waals surface area (Å²) in [7, 11) is 0. The fourth-order valence-electron chi connectivity index (χ4n) is 2.64. The molecule has 0 radical (unpaired) electrons. The van der Waals surface area contributed by atoms with Gasteiger partial charge in [0.1, 0.15) is 5.75 Å². The number of carbonyl (C=O) groups is 1. The third-order valence-electron chi connectivity index (χ3n) is 4.09. The summed E-state index contributed by atoms with van der Waals surface area (Å²) >= 11 is 6.11. The largest absolute Gasteiger partial charge is 0.433 e. The predicted octanol–water partition coefficient (Wildman–Crippen LogP) is 5.20. The van der Waals surface area contributed by atoms with Gasteiger partial charge in [0.2, 0.25) is 0 Å². The van der Waals surface area contributed by atoms with Crippen LogP contribution in [0.3, 0.4) is 0 Å². The van der Waals surface area contributed by atoms with Crippen molar-refractivity contribution in [3.05, 3.63) is 82.5 Å². The Balaban J connectivity index is 1.64. The molecule has 0 saturated heterocycles. The molecular weight excluding hydrogens is 412 g/mol. The Bertz CT molecular complexity index is 1090. The summed E-state index contributed by atoms with van der Waals surface area (Å²) in [6.45, 7) is 0.871. The van der Waals surface area contributed by atoms with Crippen LogP contribution < -0.4 is 10.1 Å². The number of nitrogens with zero attached hydrogens (tertiary/aromatic N) is 2. The summed E-state index contributed by atoms with van der Waals surface area (Å²) in [5.74, 6) is -0.285. The number of ether oxygens (including phenoxy) is 1. The van der Waals surface area contributed by atoms with E-state index in [4.69, 9.17) is 16.9 Å². The Hall–Kier alpha value is -3.50. The van der Waals surface area contributed by atoms with Gasteiger partial charge in [0.05, 0.1) is 22.9 Å². The zero-order valence-electron chi connectivity index (χ0n) is 15.8. The van der Waals surface area contributed by atoms with Gasteiger partial charge in [-0.05, 0) is 54.1 Å². The van der Waals surface area contributed by atoms with E-state index in [1.165, 1.54) is 24.4 Å². The fourth-order valence-corrected chi connectivity index (χ4v) is 2.88. The lowest BCUT2D eigenvalue weighted by atomic mass is 10.1. The highest BCUT2D eigenvalue weighted by molar-refractivity contribution is 6.31. The minimum Gasteiger partial charge on any atom is -0.433 e. The second kappa shape index (κ2) is 8.89. The molecule has 152 valence electrons. The zero-order valence-corrected chi connectivity index (χ0v) is 16.6. The smallest absolute Gasteiger partial charge is 0.394 e. The number of pyridine rings is 1. The van der Waals surface area contributed by atoms with Gasteiger partial charge in [-0.1, -0.05) is 17.7 Å². The molecule has 0 bridgehead atoms. The molecule has 0 aliphatic heterocycles. The lowest BCUT2D eigenvalue weighted by Crippen LogP contribution is -2.23. The van der Waals surface area contributed by atoms with Crippen LogP contribution in [0, 0.1) is 11.3 Å². The van der Waals surface area contributed by atoms with E-state index in [1.807, 2.05) is 6.07 Å². The summed E-state index contributed by atoms with van der Waals surface area (Å²) in [6, 6.07) is 16.2. The SMILES string of the molecule is CC(F)(F)Oc1ccc(-c2ccc(C(=O)NCc3ccc(C#N)cc3Cl)cn2)cc1. The molecule has 0 spiro atoms. The van der Waals surface area contributed by atoms with Crippen molar-refractivity contribution in [2.45, 2.75) is 19.6 Å². The first kappa shape index (κ1) is 21.2.